The summed E-state index contributed by atoms with van der Waals surface area (Å²) in [6.45, 7) is 3.72. The first-order valence-corrected chi connectivity index (χ1v) is 15.9. The van der Waals surface area contributed by atoms with Gasteiger partial charge in [0, 0.05) is 18.5 Å². The minimum absolute atomic E-state index is 0.0528. The van der Waals surface area contributed by atoms with Crippen LogP contribution in [0, 0.1) is 0 Å². The molecule has 9 nitrogen and oxygen atoms in total. The third-order valence-electron chi connectivity index (χ3n) is 6.51. The summed E-state index contributed by atoms with van der Waals surface area (Å²) in [7, 11) is -1.08. The van der Waals surface area contributed by atoms with Gasteiger partial charge in [-0.1, -0.05) is 19.1 Å². The summed E-state index contributed by atoms with van der Waals surface area (Å²) < 4.78 is 39.8. The zero-order valence-electron chi connectivity index (χ0n) is 24.0. The lowest BCUT2D eigenvalue weighted by Crippen LogP contribution is -2.51. The van der Waals surface area contributed by atoms with Crippen molar-refractivity contribution in [2.24, 2.45) is 0 Å². The number of nitrogens with zero attached hydrogens (tertiary/aromatic N) is 2. The number of thioether (sulfide) groups is 1. The molecule has 0 heterocycles. The standard InChI is InChI=1S/C30H37N3O6S2/c1-6-28(30(35)31-3)32(20-22-8-12-24(38-4)13-9-22)29(34)21-33(23-10-14-25(15-11-23)39-7-2)41(36,37)27-18-16-26(40-5)17-19-27/h8-19,28H,6-7,20-21H2,1-5H3,(H,31,35)/t28-/m0/s1. The fourth-order valence-electron chi connectivity index (χ4n) is 4.29. The van der Waals surface area contributed by atoms with E-state index in [-0.39, 0.29) is 17.3 Å². The zero-order chi connectivity index (χ0) is 30.0. The summed E-state index contributed by atoms with van der Waals surface area (Å²) in [5.41, 5.74) is 1.07. The lowest BCUT2D eigenvalue weighted by atomic mass is 10.1. The summed E-state index contributed by atoms with van der Waals surface area (Å²) in [5.74, 6) is 0.383. The quantitative estimate of drug-likeness (QED) is 0.271. The second-order valence-electron chi connectivity index (χ2n) is 9.02. The van der Waals surface area contributed by atoms with Crippen molar-refractivity contribution in [2.75, 3.05) is 37.9 Å². The minimum atomic E-state index is -4.15. The summed E-state index contributed by atoms with van der Waals surface area (Å²) in [4.78, 5) is 29.2. The van der Waals surface area contributed by atoms with Gasteiger partial charge in [-0.25, -0.2) is 8.42 Å². The van der Waals surface area contributed by atoms with E-state index in [2.05, 4.69) is 5.32 Å². The smallest absolute Gasteiger partial charge is 0.264 e. The van der Waals surface area contributed by atoms with Crippen LogP contribution in [-0.4, -0.2) is 64.7 Å². The maximum absolute atomic E-state index is 14.0. The Kier molecular flexibility index (Phi) is 11.5. The number of rotatable bonds is 14. The Morgan fingerprint density at radius 1 is 0.927 bits per heavy atom. The van der Waals surface area contributed by atoms with Crippen molar-refractivity contribution in [1.29, 1.82) is 0 Å². The Bertz CT molecular complexity index is 1400. The highest BCUT2D eigenvalue weighted by molar-refractivity contribution is 7.98. The molecule has 0 spiro atoms. The Hall–Kier alpha value is -3.70. The van der Waals surface area contributed by atoms with Gasteiger partial charge in [-0.15, -0.1) is 11.8 Å². The topological polar surface area (TPSA) is 105 Å². The van der Waals surface area contributed by atoms with Crippen molar-refractivity contribution >= 4 is 39.3 Å². The van der Waals surface area contributed by atoms with Crippen molar-refractivity contribution < 1.29 is 27.5 Å². The normalized spacial score (nSPS) is 11.8. The Morgan fingerprint density at radius 2 is 1.54 bits per heavy atom. The number of sulfonamides is 1. The van der Waals surface area contributed by atoms with Gasteiger partial charge in [0.15, 0.2) is 0 Å². The molecule has 2 amide bonds. The monoisotopic (exact) mass is 599 g/mol. The van der Waals surface area contributed by atoms with Gasteiger partial charge in [0.25, 0.3) is 10.0 Å². The van der Waals surface area contributed by atoms with E-state index in [4.69, 9.17) is 9.47 Å². The number of carbonyl (C=O) groups excluding carboxylic acids is 2. The number of amides is 2. The van der Waals surface area contributed by atoms with Crippen LogP contribution in [0.1, 0.15) is 25.8 Å². The molecule has 0 fully saturated rings. The van der Waals surface area contributed by atoms with Crippen molar-refractivity contribution in [2.45, 2.75) is 42.6 Å². The molecular formula is C30H37N3O6S2. The maximum atomic E-state index is 14.0. The Morgan fingerprint density at radius 3 is 2.05 bits per heavy atom. The number of likely N-dealkylation sites (N-methyl/N-ethyl adjacent to an activating group) is 1. The number of anilines is 1. The molecule has 1 N–H and O–H groups in total. The molecule has 0 saturated carbocycles. The SMILES string of the molecule is CCOc1ccc(N(CC(=O)N(Cc2ccc(OC)cc2)[C@@H](CC)C(=O)NC)S(=O)(=O)c2ccc(SC)cc2)cc1. The largest absolute Gasteiger partial charge is 0.497 e. The van der Waals surface area contributed by atoms with Gasteiger partial charge >= 0.3 is 0 Å². The molecule has 220 valence electrons. The van der Waals surface area contributed by atoms with Crippen LogP contribution in [0.3, 0.4) is 0 Å². The first-order chi connectivity index (χ1) is 19.7. The van der Waals surface area contributed by atoms with Crippen LogP contribution in [0.25, 0.3) is 0 Å². The minimum Gasteiger partial charge on any atom is -0.497 e. The Labute approximate surface area is 246 Å². The molecule has 0 aliphatic rings. The number of hydrogen-bond donors (Lipinski definition) is 1. The van der Waals surface area contributed by atoms with Crippen LogP contribution in [0.15, 0.2) is 82.6 Å². The molecule has 1 atom stereocenters. The molecule has 0 unspecified atom stereocenters. The molecule has 3 aromatic carbocycles. The van der Waals surface area contributed by atoms with E-state index < -0.39 is 28.5 Å². The van der Waals surface area contributed by atoms with Crippen molar-refractivity contribution in [1.82, 2.24) is 10.2 Å². The van der Waals surface area contributed by atoms with Gasteiger partial charge in [-0.3, -0.25) is 13.9 Å². The molecule has 0 aliphatic heterocycles. The van der Waals surface area contributed by atoms with Gasteiger partial charge < -0.3 is 19.7 Å². The fraction of sp³-hybridized carbons (Fsp3) is 0.333. The summed E-state index contributed by atoms with van der Waals surface area (Å²) in [5, 5.41) is 2.62. The van der Waals surface area contributed by atoms with Gasteiger partial charge in [0.05, 0.1) is 24.3 Å². The summed E-state index contributed by atoms with van der Waals surface area (Å²) in [6, 6.07) is 19.4. The predicted molar refractivity (Wildman–Crippen MR) is 162 cm³/mol. The lowest BCUT2D eigenvalue weighted by molar-refractivity contribution is -0.140. The molecule has 0 aliphatic carbocycles. The second kappa shape index (κ2) is 14.8. The molecule has 0 bridgehead atoms. The maximum Gasteiger partial charge on any atom is 0.264 e. The molecule has 41 heavy (non-hydrogen) atoms. The zero-order valence-corrected chi connectivity index (χ0v) is 25.6. The number of methoxy groups -OCH3 is 1. The lowest BCUT2D eigenvalue weighted by Gasteiger charge is -2.33. The van der Waals surface area contributed by atoms with Crippen LogP contribution in [-0.2, 0) is 26.2 Å². The number of nitrogens with one attached hydrogen (secondary N) is 1. The van der Waals surface area contributed by atoms with Gasteiger partial charge in [0.2, 0.25) is 11.8 Å². The van der Waals surface area contributed by atoms with E-state index in [9.17, 15) is 18.0 Å². The third-order valence-corrected chi connectivity index (χ3v) is 9.04. The molecule has 0 aromatic heterocycles. The van der Waals surface area contributed by atoms with Gasteiger partial charge in [-0.2, -0.15) is 0 Å². The highest BCUT2D eigenvalue weighted by atomic mass is 32.2. The van der Waals surface area contributed by atoms with E-state index in [0.29, 0.717) is 30.2 Å². The van der Waals surface area contributed by atoms with E-state index >= 15 is 0 Å². The molecule has 3 aromatic rings. The van der Waals surface area contributed by atoms with Gasteiger partial charge in [-0.05, 0) is 85.8 Å². The van der Waals surface area contributed by atoms with Crippen LogP contribution < -0.4 is 19.1 Å². The number of benzene rings is 3. The predicted octanol–water partition coefficient (Wildman–Crippen LogP) is 4.56. The van der Waals surface area contributed by atoms with Crippen molar-refractivity contribution in [3.63, 3.8) is 0 Å². The summed E-state index contributed by atoms with van der Waals surface area (Å²) >= 11 is 1.50. The van der Waals surface area contributed by atoms with E-state index in [0.717, 1.165) is 14.8 Å². The van der Waals surface area contributed by atoms with Crippen molar-refractivity contribution in [3.05, 3.63) is 78.4 Å². The third kappa shape index (κ3) is 7.95. The van der Waals surface area contributed by atoms with Crippen LogP contribution in [0.4, 0.5) is 5.69 Å². The van der Waals surface area contributed by atoms with Crippen LogP contribution in [0.2, 0.25) is 0 Å². The van der Waals surface area contributed by atoms with Crippen LogP contribution >= 0.6 is 11.8 Å². The fourth-order valence-corrected chi connectivity index (χ4v) is 6.12. The van der Waals surface area contributed by atoms with E-state index in [1.807, 2.05) is 32.2 Å². The Balaban J connectivity index is 2.05. The number of ether oxygens (including phenoxy) is 2. The first-order valence-electron chi connectivity index (χ1n) is 13.2. The summed E-state index contributed by atoms with van der Waals surface area (Å²) in [6.07, 6.45) is 2.25. The van der Waals surface area contributed by atoms with E-state index in [1.54, 1.807) is 55.6 Å². The second-order valence-corrected chi connectivity index (χ2v) is 11.8. The highest BCUT2D eigenvalue weighted by Gasteiger charge is 2.33. The van der Waals surface area contributed by atoms with E-state index in [1.165, 1.54) is 35.8 Å². The van der Waals surface area contributed by atoms with Crippen LogP contribution in [0.5, 0.6) is 11.5 Å². The molecule has 0 radical (unpaired) electrons. The number of hydrogen-bond acceptors (Lipinski definition) is 7. The van der Waals surface area contributed by atoms with Gasteiger partial charge in [0.1, 0.15) is 24.1 Å². The molecule has 0 saturated heterocycles. The average Bonchev–Trinajstić information content (AvgIpc) is 3.00. The molecule has 11 heteroatoms. The highest BCUT2D eigenvalue weighted by Crippen LogP contribution is 2.28. The van der Waals surface area contributed by atoms with Crippen molar-refractivity contribution in [3.8, 4) is 11.5 Å². The number of carbonyl (C=O) groups is 2. The molecule has 3 rings (SSSR count). The first kappa shape index (κ1) is 31.8. The molecular weight excluding hydrogens is 562 g/mol. The average molecular weight is 600 g/mol.